The number of anilines is 1. The van der Waals surface area contributed by atoms with Crippen LogP contribution in [0.4, 0.5) is 10.1 Å². The van der Waals surface area contributed by atoms with Crippen LogP contribution in [-0.2, 0) is 0 Å². The van der Waals surface area contributed by atoms with Gasteiger partial charge in [-0.25, -0.2) is 4.39 Å². The Morgan fingerprint density at radius 3 is 2.48 bits per heavy atom. The van der Waals surface area contributed by atoms with E-state index in [9.17, 15) is 9.18 Å². The number of benzene rings is 2. The first-order valence-electron chi connectivity index (χ1n) is 9.62. The molecule has 0 atom stereocenters. The molecular formula is C22H28FN3O. The van der Waals surface area contributed by atoms with E-state index in [4.69, 9.17) is 0 Å². The van der Waals surface area contributed by atoms with Crippen LogP contribution in [0, 0.1) is 19.7 Å². The summed E-state index contributed by atoms with van der Waals surface area (Å²) < 4.78 is 13.9. The van der Waals surface area contributed by atoms with Gasteiger partial charge in [-0.3, -0.25) is 9.69 Å². The summed E-state index contributed by atoms with van der Waals surface area (Å²) in [6.45, 7) is 9.17. The van der Waals surface area contributed by atoms with Gasteiger partial charge in [0.25, 0.3) is 5.91 Å². The van der Waals surface area contributed by atoms with E-state index in [0.717, 1.165) is 50.3 Å². The van der Waals surface area contributed by atoms with Crippen LogP contribution in [0.2, 0.25) is 0 Å². The van der Waals surface area contributed by atoms with Gasteiger partial charge in [0.15, 0.2) is 0 Å². The molecule has 3 rings (SSSR count). The van der Waals surface area contributed by atoms with Crippen LogP contribution in [0.25, 0.3) is 0 Å². The zero-order valence-corrected chi connectivity index (χ0v) is 16.2. The highest BCUT2D eigenvalue weighted by atomic mass is 19.1. The molecule has 0 spiro atoms. The second-order valence-corrected chi connectivity index (χ2v) is 7.19. The van der Waals surface area contributed by atoms with Crippen LogP contribution >= 0.6 is 0 Å². The topological polar surface area (TPSA) is 35.6 Å². The molecule has 27 heavy (non-hydrogen) atoms. The molecule has 2 aromatic carbocycles. The normalized spacial score (nSPS) is 15.0. The van der Waals surface area contributed by atoms with E-state index in [-0.39, 0.29) is 11.7 Å². The summed E-state index contributed by atoms with van der Waals surface area (Å²) in [7, 11) is 0. The van der Waals surface area contributed by atoms with Crippen molar-refractivity contribution >= 4 is 11.6 Å². The molecule has 0 radical (unpaired) electrons. The van der Waals surface area contributed by atoms with Crippen molar-refractivity contribution in [2.45, 2.75) is 20.3 Å². The third-order valence-electron chi connectivity index (χ3n) is 5.27. The van der Waals surface area contributed by atoms with Gasteiger partial charge < -0.3 is 10.2 Å². The summed E-state index contributed by atoms with van der Waals surface area (Å²) in [6.07, 6.45) is 0.913. The van der Waals surface area contributed by atoms with E-state index in [0.29, 0.717) is 12.2 Å². The summed E-state index contributed by atoms with van der Waals surface area (Å²) in [5, 5.41) is 3.00. The average molecular weight is 369 g/mol. The zero-order valence-electron chi connectivity index (χ0n) is 16.2. The van der Waals surface area contributed by atoms with Gasteiger partial charge in [0.1, 0.15) is 5.82 Å². The fourth-order valence-electron chi connectivity index (χ4n) is 3.41. The maximum atomic E-state index is 13.9. The predicted octanol–water partition coefficient (Wildman–Crippen LogP) is 3.38. The van der Waals surface area contributed by atoms with Crippen molar-refractivity contribution < 1.29 is 9.18 Å². The SMILES string of the molecule is Cc1ccc(C(=O)NCCCN2CCN(c3ccccc3F)CC2)cc1C. The molecule has 0 saturated carbocycles. The van der Waals surface area contributed by atoms with E-state index in [1.54, 1.807) is 6.07 Å². The Labute approximate surface area is 161 Å². The van der Waals surface area contributed by atoms with Crippen LogP contribution in [0.1, 0.15) is 27.9 Å². The standard InChI is InChI=1S/C22H28FN3O/c1-17-8-9-19(16-18(17)2)22(27)24-10-5-11-25-12-14-26(15-13-25)21-7-4-3-6-20(21)23/h3-4,6-9,16H,5,10-15H2,1-2H3,(H,24,27). The lowest BCUT2D eigenvalue weighted by Gasteiger charge is -2.36. The lowest BCUT2D eigenvalue weighted by atomic mass is 10.1. The second-order valence-electron chi connectivity index (χ2n) is 7.19. The molecule has 1 fully saturated rings. The number of nitrogens with one attached hydrogen (secondary N) is 1. The van der Waals surface area contributed by atoms with Gasteiger partial charge in [0, 0.05) is 38.3 Å². The number of nitrogens with zero attached hydrogens (tertiary/aromatic N) is 2. The van der Waals surface area contributed by atoms with E-state index >= 15 is 0 Å². The number of para-hydroxylation sites is 1. The first kappa shape index (κ1) is 19.4. The maximum Gasteiger partial charge on any atom is 0.251 e. The maximum absolute atomic E-state index is 13.9. The number of carbonyl (C=O) groups is 1. The zero-order chi connectivity index (χ0) is 19.2. The lowest BCUT2D eigenvalue weighted by molar-refractivity contribution is 0.0951. The molecule has 1 amide bonds. The quantitative estimate of drug-likeness (QED) is 0.793. The molecule has 0 aliphatic carbocycles. The fourth-order valence-corrected chi connectivity index (χ4v) is 3.41. The Bertz CT molecular complexity index is 785. The Kier molecular flexibility index (Phi) is 6.45. The van der Waals surface area contributed by atoms with Crippen molar-refractivity contribution in [3.05, 3.63) is 65.0 Å². The van der Waals surface area contributed by atoms with Gasteiger partial charge in [-0.2, -0.15) is 0 Å². The number of rotatable bonds is 6. The molecule has 1 aliphatic rings. The summed E-state index contributed by atoms with van der Waals surface area (Å²) in [5.41, 5.74) is 3.74. The largest absolute Gasteiger partial charge is 0.367 e. The minimum atomic E-state index is -0.153. The number of aryl methyl sites for hydroxylation is 2. The number of hydrogen-bond acceptors (Lipinski definition) is 3. The first-order chi connectivity index (χ1) is 13.0. The Balaban J connectivity index is 1.37. The molecule has 0 unspecified atom stereocenters. The molecule has 4 nitrogen and oxygen atoms in total. The minimum Gasteiger partial charge on any atom is -0.367 e. The smallest absolute Gasteiger partial charge is 0.251 e. The number of hydrogen-bond donors (Lipinski definition) is 1. The molecule has 144 valence electrons. The van der Waals surface area contributed by atoms with E-state index in [1.165, 1.54) is 11.6 Å². The van der Waals surface area contributed by atoms with Crippen molar-refractivity contribution in [3.8, 4) is 0 Å². The molecule has 5 heteroatoms. The summed E-state index contributed by atoms with van der Waals surface area (Å²) >= 11 is 0. The molecule has 2 aromatic rings. The van der Waals surface area contributed by atoms with Crippen LogP contribution in [0.3, 0.4) is 0 Å². The molecular weight excluding hydrogens is 341 g/mol. The molecule has 0 aromatic heterocycles. The third kappa shape index (κ3) is 5.07. The lowest BCUT2D eigenvalue weighted by Crippen LogP contribution is -2.47. The van der Waals surface area contributed by atoms with Crippen LogP contribution in [0.15, 0.2) is 42.5 Å². The van der Waals surface area contributed by atoms with Crippen molar-refractivity contribution in [2.24, 2.45) is 0 Å². The van der Waals surface area contributed by atoms with Gasteiger partial charge >= 0.3 is 0 Å². The minimum absolute atomic E-state index is 0.0116. The summed E-state index contributed by atoms with van der Waals surface area (Å²) in [6, 6.07) is 12.8. The van der Waals surface area contributed by atoms with Gasteiger partial charge in [-0.05, 0) is 62.2 Å². The molecule has 0 bridgehead atoms. The Morgan fingerprint density at radius 2 is 1.78 bits per heavy atom. The highest BCUT2D eigenvalue weighted by Gasteiger charge is 2.18. The average Bonchev–Trinajstić information content (AvgIpc) is 2.68. The Hall–Kier alpha value is -2.40. The fraction of sp³-hybridized carbons (Fsp3) is 0.409. The van der Waals surface area contributed by atoms with E-state index < -0.39 is 0 Å². The van der Waals surface area contributed by atoms with Gasteiger partial charge in [0.05, 0.1) is 5.69 Å². The molecule has 1 saturated heterocycles. The molecule has 1 N–H and O–H groups in total. The predicted molar refractivity (Wildman–Crippen MR) is 108 cm³/mol. The van der Waals surface area contributed by atoms with Crippen LogP contribution < -0.4 is 10.2 Å². The highest BCUT2D eigenvalue weighted by molar-refractivity contribution is 5.94. The van der Waals surface area contributed by atoms with E-state index in [1.807, 2.05) is 44.2 Å². The van der Waals surface area contributed by atoms with Crippen LogP contribution in [-0.4, -0.2) is 50.1 Å². The highest BCUT2D eigenvalue weighted by Crippen LogP contribution is 2.20. The van der Waals surface area contributed by atoms with Crippen molar-refractivity contribution in [3.63, 3.8) is 0 Å². The van der Waals surface area contributed by atoms with E-state index in [2.05, 4.69) is 15.1 Å². The summed E-state index contributed by atoms with van der Waals surface area (Å²) in [4.78, 5) is 16.7. The molecule has 1 aliphatic heterocycles. The monoisotopic (exact) mass is 369 g/mol. The van der Waals surface area contributed by atoms with Gasteiger partial charge in [0.2, 0.25) is 0 Å². The third-order valence-corrected chi connectivity index (χ3v) is 5.27. The van der Waals surface area contributed by atoms with Crippen LogP contribution in [0.5, 0.6) is 0 Å². The summed E-state index contributed by atoms with van der Waals surface area (Å²) in [5.74, 6) is -0.164. The number of piperazine rings is 1. The number of halogens is 1. The van der Waals surface area contributed by atoms with Gasteiger partial charge in [-0.1, -0.05) is 18.2 Å². The molecule has 1 heterocycles. The Morgan fingerprint density at radius 1 is 1.04 bits per heavy atom. The van der Waals surface area contributed by atoms with Crippen molar-refractivity contribution in [2.75, 3.05) is 44.2 Å². The number of amides is 1. The first-order valence-corrected chi connectivity index (χ1v) is 9.62. The van der Waals surface area contributed by atoms with Gasteiger partial charge in [-0.15, -0.1) is 0 Å². The number of carbonyl (C=O) groups excluding carboxylic acids is 1. The van der Waals surface area contributed by atoms with Crippen molar-refractivity contribution in [1.82, 2.24) is 10.2 Å². The second kappa shape index (κ2) is 9.00. The van der Waals surface area contributed by atoms with Crippen molar-refractivity contribution in [1.29, 1.82) is 0 Å².